The lowest BCUT2D eigenvalue weighted by atomic mass is 9.99. The smallest absolute Gasteiger partial charge is 0.267 e. The van der Waals surface area contributed by atoms with Crippen molar-refractivity contribution in [1.82, 2.24) is 14.3 Å². The number of benzene rings is 1. The number of pyridine rings is 1. The molecule has 180 valence electrons. The first-order valence-electron chi connectivity index (χ1n) is 11.6. The Labute approximate surface area is 212 Å². The van der Waals surface area contributed by atoms with Crippen molar-refractivity contribution < 1.29 is 9.18 Å². The number of anilines is 1. The molecule has 9 heteroatoms. The molecular weight excluding hydrogens is 483 g/mol. The maximum atomic E-state index is 13.6. The second-order valence-electron chi connectivity index (χ2n) is 9.10. The average molecular weight is 509 g/mol. The molecule has 1 aromatic carbocycles. The van der Waals surface area contributed by atoms with Crippen molar-refractivity contribution >= 4 is 51.7 Å². The predicted molar refractivity (Wildman–Crippen MR) is 142 cm³/mol. The summed E-state index contributed by atoms with van der Waals surface area (Å²) in [7, 11) is 0. The number of halogens is 1. The number of hydrogen-bond donors (Lipinski definition) is 0. The number of carbonyl (C=O) groups is 1. The molecule has 35 heavy (non-hydrogen) atoms. The van der Waals surface area contributed by atoms with Gasteiger partial charge in [0.1, 0.15) is 21.6 Å². The number of aromatic nitrogens is 2. The van der Waals surface area contributed by atoms with Gasteiger partial charge in [0.15, 0.2) is 0 Å². The first kappa shape index (κ1) is 23.7. The maximum absolute atomic E-state index is 13.6. The van der Waals surface area contributed by atoms with E-state index in [-0.39, 0.29) is 23.8 Å². The van der Waals surface area contributed by atoms with Gasteiger partial charge >= 0.3 is 0 Å². The number of amides is 1. The Kier molecular flexibility index (Phi) is 6.46. The first-order chi connectivity index (χ1) is 16.8. The van der Waals surface area contributed by atoms with E-state index in [0.717, 1.165) is 37.1 Å². The Morgan fingerprint density at radius 3 is 2.60 bits per heavy atom. The van der Waals surface area contributed by atoms with Crippen LogP contribution in [-0.4, -0.2) is 37.6 Å². The highest BCUT2D eigenvalue weighted by atomic mass is 32.2. The van der Waals surface area contributed by atoms with Crippen molar-refractivity contribution in [3.05, 3.63) is 80.4 Å². The lowest BCUT2D eigenvalue weighted by Gasteiger charge is -2.32. The van der Waals surface area contributed by atoms with Crippen LogP contribution < -0.4 is 10.5 Å². The molecule has 3 aromatic rings. The predicted octanol–water partition coefficient (Wildman–Crippen LogP) is 4.78. The molecule has 2 aliphatic rings. The average Bonchev–Trinajstić information content (AvgIpc) is 3.10. The van der Waals surface area contributed by atoms with E-state index in [1.807, 2.05) is 19.1 Å². The third-order valence-electron chi connectivity index (χ3n) is 6.55. The number of thiocarbonyl (C=S) groups is 1. The van der Waals surface area contributed by atoms with E-state index in [0.29, 0.717) is 32.2 Å². The Hall–Kier alpha value is -3.04. The van der Waals surface area contributed by atoms with E-state index in [1.165, 1.54) is 33.2 Å². The van der Waals surface area contributed by atoms with Crippen molar-refractivity contribution in [3.63, 3.8) is 0 Å². The number of hydrogen-bond acceptors (Lipinski definition) is 6. The van der Waals surface area contributed by atoms with Gasteiger partial charge in [-0.05, 0) is 61.1 Å². The Morgan fingerprint density at radius 1 is 1.17 bits per heavy atom. The van der Waals surface area contributed by atoms with Crippen molar-refractivity contribution in [3.8, 4) is 0 Å². The van der Waals surface area contributed by atoms with Gasteiger partial charge in [-0.25, -0.2) is 9.37 Å². The fourth-order valence-electron chi connectivity index (χ4n) is 4.43. The lowest BCUT2D eigenvalue weighted by Crippen LogP contribution is -2.36. The summed E-state index contributed by atoms with van der Waals surface area (Å²) in [5, 5.41) is 0. The molecule has 0 bridgehead atoms. The molecule has 2 aromatic heterocycles. The van der Waals surface area contributed by atoms with Gasteiger partial charge in [0.25, 0.3) is 11.5 Å². The molecule has 0 saturated carbocycles. The van der Waals surface area contributed by atoms with Crippen molar-refractivity contribution in [2.45, 2.75) is 33.2 Å². The zero-order valence-electron chi connectivity index (χ0n) is 19.5. The summed E-state index contributed by atoms with van der Waals surface area (Å²) in [6.45, 7) is 6.03. The van der Waals surface area contributed by atoms with Crippen LogP contribution in [0.1, 0.15) is 36.5 Å². The van der Waals surface area contributed by atoms with Crippen LogP contribution in [0.15, 0.2) is 52.3 Å². The normalized spacial score (nSPS) is 18.3. The molecule has 0 spiro atoms. The lowest BCUT2D eigenvalue weighted by molar-refractivity contribution is -0.122. The van der Waals surface area contributed by atoms with E-state index < -0.39 is 0 Å². The van der Waals surface area contributed by atoms with E-state index >= 15 is 0 Å². The molecule has 2 aliphatic heterocycles. The van der Waals surface area contributed by atoms with Gasteiger partial charge in [-0.1, -0.05) is 49.1 Å². The highest BCUT2D eigenvalue weighted by molar-refractivity contribution is 8.26. The summed E-state index contributed by atoms with van der Waals surface area (Å²) in [5.74, 6) is 0.634. The van der Waals surface area contributed by atoms with Gasteiger partial charge in [-0.2, -0.15) is 0 Å². The summed E-state index contributed by atoms with van der Waals surface area (Å²) >= 11 is 6.65. The van der Waals surface area contributed by atoms with Gasteiger partial charge in [-0.3, -0.25) is 18.9 Å². The molecule has 0 radical (unpaired) electrons. The molecule has 0 N–H and O–H groups in total. The molecule has 6 nitrogen and oxygen atoms in total. The number of rotatable bonds is 4. The molecular formula is C26H25FN4O2S2. The Morgan fingerprint density at radius 2 is 1.89 bits per heavy atom. The van der Waals surface area contributed by atoms with Gasteiger partial charge in [-0.15, -0.1) is 0 Å². The fraction of sp³-hybridized carbons (Fsp3) is 0.308. The van der Waals surface area contributed by atoms with Gasteiger partial charge in [0.2, 0.25) is 0 Å². The topological polar surface area (TPSA) is 57.9 Å². The van der Waals surface area contributed by atoms with Crippen LogP contribution >= 0.6 is 24.0 Å². The summed E-state index contributed by atoms with van der Waals surface area (Å²) in [6, 6.07) is 9.74. The molecule has 0 unspecified atom stereocenters. The molecule has 2 fully saturated rings. The van der Waals surface area contributed by atoms with Crippen molar-refractivity contribution in [1.29, 1.82) is 0 Å². The molecule has 5 rings (SSSR count). The molecule has 0 atom stereocenters. The maximum Gasteiger partial charge on any atom is 0.267 e. The molecule has 0 aliphatic carbocycles. The quantitative estimate of drug-likeness (QED) is 0.374. The highest BCUT2D eigenvalue weighted by Crippen LogP contribution is 2.35. The van der Waals surface area contributed by atoms with Crippen LogP contribution in [0.2, 0.25) is 0 Å². The second-order valence-corrected chi connectivity index (χ2v) is 10.8. The number of nitrogens with zero attached hydrogens (tertiary/aromatic N) is 4. The van der Waals surface area contributed by atoms with Crippen LogP contribution in [0, 0.1) is 18.7 Å². The van der Waals surface area contributed by atoms with E-state index in [2.05, 4.69) is 11.8 Å². The van der Waals surface area contributed by atoms with Gasteiger partial charge < -0.3 is 4.90 Å². The molecule has 4 heterocycles. The number of fused-ring (bicyclic) bond motifs is 1. The molecule has 1 amide bonds. The van der Waals surface area contributed by atoms with Crippen LogP contribution in [0.4, 0.5) is 10.2 Å². The zero-order valence-corrected chi connectivity index (χ0v) is 21.2. The summed E-state index contributed by atoms with van der Waals surface area (Å²) in [6.07, 6.45) is 5.39. The number of thioether (sulfide) groups is 1. The minimum Gasteiger partial charge on any atom is -0.356 e. The minimum absolute atomic E-state index is 0.212. The summed E-state index contributed by atoms with van der Waals surface area (Å²) in [5.41, 5.74) is 2.48. The fourth-order valence-corrected chi connectivity index (χ4v) is 5.66. The van der Waals surface area contributed by atoms with Crippen LogP contribution in [0.3, 0.4) is 0 Å². The Bertz CT molecular complexity index is 1410. The monoisotopic (exact) mass is 508 g/mol. The Balaban J connectivity index is 1.56. The second kappa shape index (κ2) is 9.54. The number of piperidine rings is 1. The van der Waals surface area contributed by atoms with Crippen LogP contribution in [0.25, 0.3) is 11.7 Å². The highest BCUT2D eigenvalue weighted by Gasteiger charge is 2.33. The SMILES string of the molecule is Cc1cccn2c(=O)c(/C=C3/SC(=S)N(Cc4ccc(F)cc4)C3=O)c(N3CCC(C)CC3)nc12. The third-order valence-corrected chi connectivity index (χ3v) is 7.93. The molecule has 2 saturated heterocycles. The zero-order chi connectivity index (χ0) is 24.7. The van der Waals surface area contributed by atoms with Crippen molar-refractivity contribution in [2.24, 2.45) is 5.92 Å². The van der Waals surface area contributed by atoms with Crippen LogP contribution in [-0.2, 0) is 11.3 Å². The third kappa shape index (κ3) is 4.62. The largest absolute Gasteiger partial charge is 0.356 e. The summed E-state index contributed by atoms with van der Waals surface area (Å²) in [4.78, 5) is 35.8. The van der Waals surface area contributed by atoms with Gasteiger partial charge in [0, 0.05) is 19.3 Å². The first-order valence-corrected chi connectivity index (χ1v) is 12.8. The van der Waals surface area contributed by atoms with Gasteiger partial charge in [0.05, 0.1) is 17.0 Å². The van der Waals surface area contributed by atoms with E-state index in [4.69, 9.17) is 17.2 Å². The van der Waals surface area contributed by atoms with E-state index in [1.54, 1.807) is 24.4 Å². The summed E-state index contributed by atoms with van der Waals surface area (Å²) < 4.78 is 15.2. The standard InChI is InChI=1S/C26H25FN4O2S2/c1-16-9-12-29(13-10-16)23-20(24(32)30-11-3-4-17(2)22(30)28-23)14-21-25(33)31(26(34)35-21)15-18-5-7-19(27)8-6-18/h3-8,11,14,16H,9-10,12-13,15H2,1-2H3/b21-14+. The van der Waals surface area contributed by atoms with E-state index in [9.17, 15) is 14.0 Å². The van der Waals surface area contributed by atoms with Crippen LogP contribution in [0.5, 0.6) is 0 Å². The van der Waals surface area contributed by atoms with Crippen molar-refractivity contribution in [2.75, 3.05) is 18.0 Å². The number of carbonyl (C=O) groups excluding carboxylic acids is 1. The minimum atomic E-state index is -0.335. The number of aryl methyl sites for hydroxylation is 1.